The Hall–Kier alpha value is -0.440. The third-order valence-electron chi connectivity index (χ3n) is 4.30. The fraction of sp³-hybridized carbons (Fsp3) is 0.600. The SMILES string of the molecule is Clc1ccc(Cl)c(NCC2CCC3(CCCC3)O2)c1. The van der Waals surface area contributed by atoms with Crippen molar-refractivity contribution in [1.82, 2.24) is 0 Å². The van der Waals surface area contributed by atoms with E-state index in [0.29, 0.717) is 16.1 Å². The second-order valence-corrected chi connectivity index (χ2v) is 6.52. The Labute approximate surface area is 124 Å². The minimum absolute atomic E-state index is 0.199. The van der Waals surface area contributed by atoms with E-state index in [9.17, 15) is 0 Å². The molecule has 2 fully saturated rings. The molecule has 1 aromatic carbocycles. The normalized spacial score (nSPS) is 25.1. The molecule has 2 nitrogen and oxygen atoms in total. The van der Waals surface area contributed by atoms with Gasteiger partial charge in [-0.2, -0.15) is 0 Å². The lowest BCUT2D eigenvalue weighted by Gasteiger charge is -2.24. The Morgan fingerprint density at radius 3 is 2.79 bits per heavy atom. The molecule has 1 aliphatic heterocycles. The number of rotatable bonds is 3. The molecule has 1 aliphatic carbocycles. The summed E-state index contributed by atoms with van der Waals surface area (Å²) in [5, 5.41) is 4.77. The van der Waals surface area contributed by atoms with Crippen molar-refractivity contribution in [3.8, 4) is 0 Å². The van der Waals surface area contributed by atoms with Gasteiger partial charge in [0, 0.05) is 11.6 Å². The zero-order valence-electron chi connectivity index (χ0n) is 10.9. The van der Waals surface area contributed by atoms with Crippen LogP contribution in [-0.4, -0.2) is 18.2 Å². The summed E-state index contributed by atoms with van der Waals surface area (Å²) in [5.41, 5.74) is 1.09. The summed E-state index contributed by atoms with van der Waals surface area (Å²) in [6.45, 7) is 0.807. The van der Waals surface area contributed by atoms with Crippen molar-refractivity contribution in [3.05, 3.63) is 28.2 Å². The number of anilines is 1. The summed E-state index contributed by atoms with van der Waals surface area (Å²) in [6.07, 6.45) is 7.77. The minimum Gasteiger partial charge on any atom is -0.381 e. The molecule has 1 N–H and O–H groups in total. The van der Waals surface area contributed by atoms with Crippen LogP contribution in [0.2, 0.25) is 10.0 Å². The Morgan fingerprint density at radius 2 is 2.00 bits per heavy atom. The lowest BCUT2D eigenvalue weighted by molar-refractivity contribution is -0.0307. The monoisotopic (exact) mass is 299 g/mol. The van der Waals surface area contributed by atoms with Crippen molar-refractivity contribution in [2.45, 2.75) is 50.2 Å². The molecule has 0 radical (unpaired) electrons. The van der Waals surface area contributed by atoms with Crippen molar-refractivity contribution in [2.75, 3.05) is 11.9 Å². The molecule has 1 atom stereocenters. The van der Waals surface area contributed by atoms with Crippen LogP contribution in [-0.2, 0) is 4.74 Å². The number of hydrogen-bond donors (Lipinski definition) is 1. The molecule has 104 valence electrons. The highest BCUT2D eigenvalue weighted by molar-refractivity contribution is 6.35. The van der Waals surface area contributed by atoms with Crippen LogP contribution in [0.1, 0.15) is 38.5 Å². The van der Waals surface area contributed by atoms with Crippen LogP contribution < -0.4 is 5.32 Å². The van der Waals surface area contributed by atoms with Gasteiger partial charge in [-0.3, -0.25) is 0 Å². The van der Waals surface area contributed by atoms with Crippen molar-refractivity contribution >= 4 is 28.9 Å². The molecular formula is C15H19Cl2NO. The standard InChI is InChI=1S/C15H19Cl2NO/c16-11-3-4-13(17)14(9-11)18-10-12-5-8-15(19-12)6-1-2-7-15/h3-4,9,12,18H,1-2,5-8,10H2. The molecule has 19 heavy (non-hydrogen) atoms. The zero-order chi connectivity index (χ0) is 13.3. The molecule has 3 rings (SSSR count). The van der Waals surface area contributed by atoms with Crippen molar-refractivity contribution in [2.24, 2.45) is 0 Å². The topological polar surface area (TPSA) is 21.3 Å². The van der Waals surface area contributed by atoms with E-state index >= 15 is 0 Å². The summed E-state index contributed by atoms with van der Waals surface area (Å²) >= 11 is 12.1. The van der Waals surface area contributed by atoms with Crippen LogP contribution >= 0.6 is 23.2 Å². The van der Waals surface area contributed by atoms with Gasteiger partial charge >= 0.3 is 0 Å². The van der Waals surface area contributed by atoms with Gasteiger partial charge in [0.05, 0.1) is 22.4 Å². The summed E-state index contributed by atoms with van der Waals surface area (Å²) in [5.74, 6) is 0. The average Bonchev–Trinajstić information content (AvgIpc) is 3.02. The Bertz CT molecular complexity index is 457. The third-order valence-corrected chi connectivity index (χ3v) is 4.87. The molecule has 1 aromatic rings. The molecule has 1 spiro atoms. The first-order valence-corrected chi connectivity index (χ1v) is 7.79. The molecule has 1 unspecified atom stereocenters. The zero-order valence-corrected chi connectivity index (χ0v) is 12.4. The highest BCUT2D eigenvalue weighted by Gasteiger charge is 2.41. The van der Waals surface area contributed by atoms with Crippen LogP contribution in [0.3, 0.4) is 0 Å². The van der Waals surface area contributed by atoms with E-state index in [1.807, 2.05) is 12.1 Å². The van der Waals surface area contributed by atoms with Crippen LogP contribution in [0.5, 0.6) is 0 Å². The highest BCUT2D eigenvalue weighted by Crippen LogP contribution is 2.43. The van der Waals surface area contributed by atoms with E-state index in [0.717, 1.165) is 18.7 Å². The minimum atomic E-state index is 0.199. The van der Waals surface area contributed by atoms with Gasteiger partial charge in [-0.05, 0) is 43.9 Å². The predicted octanol–water partition coefficient (Wildman–Crippen LogP) is 4.90. The van der Waals surface area contributed by atoms with Crippen LogP contribution in [0.15, 0.2) is 18.2 Å². The molecule has 0 bridgehead atoms. The molecule has 0 amide bonds. The molecule has 4 heteroatoms. The fourth-order valence-electron chi connectivity index (χ4n) is 3.28. The van der Waals surface area contributed by atoms with Crippen LogP contribution in [0, 0.1) is 0 Å². The van der Waals surface area contributed by atoms with E-state index < -0.39 is 0 Å². The molecule has 1 saturated carbocycles. The smallest absolute Gasteiger partial charge is 0.0756 e. The molecular weight excluding hydrogens is 281 g/mol. The maximum Gasteiger partial charge on any atom is 0.0756 e. The molecule has 1 saturated heterocycles. The second kappa shape index (κ2) is 5.51. The lowest BCUT2D eigenvalue weighted by atomic mass is 9.98. The summed E-state index contributed by atoms with van der Waals surface area (Å²) in [6, 6.07) is 5.49. The Balaban J connectivity index is 1.57. The van der Waals surface area contributed by atoms with Crippen molar-refractivity contribution in [3.63, 3.8) is 0 Å². The van der Waals surface area contributed by atoms with Gasteiger partial charge in [0.1, 0.15) is 0 Å². The average molecular weight is 300 g/mol. The van der Waals surface area contributed by atoms with E-state index in [4.69, 9.17) is 27.9 Å². The largest absolute Gasteiger partial charge is 0.381 e. The highest BCUT2D eigenvalue weighted by atomic mass is 35.5. The number of hydrogen-bond acceptors (Lipinski definition) is 2. The van der Waals surface area contributed by atoms with Gasteiger partial charge in [0.2, 0.25) is 0 Å². The maximum absolute atomic E-state index is 6.26. The summed E-state index contributed by atoms with van der Waals surface area (Å²) in [7, 11) is 0. The third kappa shape index (κ3) is 3.01. The van der Waals surface area contributed by atoms with Gasteiger partial charge in [0.25, 0.3) is 0 Å². The first kappa shape index (κ1) is 13.5. The molecule has 1 heterocycles. The molecule has 0 aromatic heterocycles. The molecule has 2 aliphatic rings. The Kier molecular flexibility index (Phi) is 3.93. The number of ether oxygens (including phenoxy) is 1. The van der Waals surface area contributed by atoms with Crippen molar-refractivity contribution in [1.29, 1.82) is 0 Å². The lowest BCUT2D eigenvalue weighted by Crippen LogP contribution is -2.27. The summed E-state index contributed by atoms with van der Waals surface area (Å²) < 4.78 is 6.26. The van der Waals surface area contributed by atoms with Crippen LogP contribution in [0.25, 0.3) is 0 Å². The summed E-state index contributed by atoms with van der Waals surface area (Å²) in [4.78, 5) is 0. The number of nitrogens with one attached hydrogen (secondary N) is 1. The fourth-order valence-corrected chi connectivity index (χ4v) is 3.64. The van der Waals surface area contributed by atoms with Gasteiger partial charge in [-0.25, -0.2) is 0 Å². The Morgan fingerprint density at radius 1 is 1.21 bits per heavy atom. The van der Waals surface area contributed by atoms with Gasteiger partial charge in [-0.1, -0.05) is 36.0 Å². The van der Waals surface area contributed by atoms with E-state index in [-0.39, 0.29) is 5.60 Å². The van der Waals surface area contributed by atoms with E-state index in [2.05, 4.69) is 5.32 Å². The van der Waals surface area contributed by atoms with Gasteiger partial charge in [0.15, 0.2) is 0 Å². The van der Waals surface area contributed by atoms with Crippen molar-refractivity contribution < 1.29 is 4.74 Å². The first-order chi connectivity index (χ1) is 9.17. The first-order valence-electron chi connectivity index (χ1n) is 7.04. The van der Waals surface area contributed by atoms with E-state index in [1.54, 1.807) is 6.07 Å². The number of halogens is 2. The maximum atomic E-state index is 6.26. The van der Waals surface area contributed by atoms with E-state index in [1.165, 1.54) is 32.1 Å². The quantitative estimate of drug-likeness (QED) is 0.857. The second-order valence-electron chi connectivity index (χ2n) is 5.67. The van der Waals surface area contributed by atoms with Crippen LogP contribution in [0.4, 0.5) is 5.69 Å². The van der Waals surface area contributed by atoms with Gasteiger partial charge < -0.3 is 10.1 Å². The predicted molar refractivity (Wildman–Crippen MR) is 80.3 cm³/mol. The number of benzene rings is 1. The van der Waals surface area contributed by atoms with Gasteiger partial charge in [-0.15, -0.1) is 0 Å².